The average Bonchev–Trinajstić information content (AvgIpc) is 2.82. The average molecular weight is 484 g/mol. The molecule has 1 heterocycles. The van der Waals surface area contributed by atoms with Crippen LogP contribution in [0.1, 0.15) is 71.4 Å². The van der Waals surface area contributed by atoms with E-state index in [0.717, 1.165) is 18.4 Å². The van der Waals surface area contributed by atoms with Gasteiger partial charge < -0.3 is 20.1 Å². The molecular formula is C26H33N3O6. The zero-order valence-electron chi connectivity index (χ0n) is 20.6. The quantitative estimate of drug-likeness (QED) is 0.539. The van der Waals surface area contributed by atoms with Crippen LogP contribution in [0, 0.1) is 0 Å². The molecule has 0 aliphatic carbocycles. The van der Waals surface area contributed by atoms with E-state index in [-0.39, 0.29) is 17.2 Å². The summed E-state index contributed by atoms with van der Waals surface area (Å²) in [6.07, 6.45) is 1.14. The normalized spacial score (nSPS) is 14.3. The van der Waals surface area contributed by atoms with Gasteiger partial charge in [-0.15, -0.1) is 0 Å². The van der Waals surface area contributed by atoms with Crippen molar-refractivity contribution in [3.8, 4) is 5.75 Å². The predicted molar refractivity (Wildman–Crippen MR) is 130 cm³/mol. The van der Waals surface area contributed by atoms with Crippen molar-refractivity contribution in [3.05, 3.63) is 64.7 Å². The van der Waals surface area contributed by atoms with E-state index in [1.807, 2.05) is 32.9 Å². The van der Waals surface area contributed by atoms with Crippen LogP contribution in [0.5, 0.6) is 5.75 Å². The van der Waals surface area contributed by atoms with Crippen LogP contribution in [-0.2, 0) is 16.1 Å². The number of carbonyl (C=O) groups is 3. The lowest BCUT2D eigenvalue weighted by Gasteiger charge is -2.32. The van der Waals surface area contributed by atoms with Gasteiger partial charge in [-0.2, -0.15) is 0 Å². The Hall–Kier alpha value is -3.59. The van der Waals surface area contributed by atoms with Crippen molar-refractivity contribution in [2.24, 2.45) is 0 Å². The summed E-state index contributed by atoms with van der Waals surface area (Å²) in [6, 6.07) is 12.3. The molecule has 3 N–H and O–H groups in total. The van der Waals surface area contributed by atoms with E-state index in [2.05, 4.69) is 27.8 Å². The minimum atomic E-state index is -0.626. The van der Waals surface area contributed by atoms with Crippen molar-refractivity contribution in [3.63, 3.8) is 0 Å². The predicted octanol–water partition coefficient (Wildman–Crippen LogP) is 3.73. The van der Waals surface area contributed by atoms with E-state index in [4.69, 9.17) is 4.74 Å². The van der Waals surface area contributed by atoms with Gasteiger partial charge >= 0.3 is 6.09 Å². The second kappa shape index (κ2) is 11.2. The Kier molecular flexibility index (Phi) is 8.34. The van der Waals surface area contributed by atoms with Gasteiger partial charge in [-0.1, -0.05) is 24.3 Å². The van der Waals surface area contributed by atoms with Gasteiger partial charge in [0.25, 0.3) is 11.8 Å². The number of rotatable bonds is 6. The van der Waals surface area contributed by atoms with E-state index < -0.39 is 17.6 Å². The second-order valence-corrected chi connectivity index (χ2v) is 9.53. The molecule has 9 heteroatoms. The van der Waals surface area contributed by atoms with Crippen LogP contribution in [0.15, 0.2) is 42.5 Å². The van der Waals surface area contributed by atoms with Gasteiger partial charge in [-0.05, 0) is 68.9 Å². The Balaban J connectivity index is 1.59. The van der Waals surface area contributed by atoms with Gasteiger partial charge in [-0.3, -0.25) is 14.4 Å². The highest BCUT2D eigenvalue weighted by Crippen LogP contribution is 2.30. The lowest BCUT2D eigenvalue weighted by atomic mass is 9.88. The molecule has 1 aliphatic rings. The molecule has 3 amide bonds. The summed E-state index contributed by atoms with van der Waals surface area (Å²) in [5.74, 6) is -0.746. The Bertz CT molecular complexity index is 1070. The monoisotopic (exact) mass is 483 g/mol. The molecule has 9 nitrogen and oxygen atoms in total. The van der Waals surface area contributed by atoms with Crippen LogP contribution in [0.4, 0.5) is 4.79 Å². The number of phenolic OH excluding ortho intramolecular Hbond substituents is 1. The number of carbonyl (C=O) groups excluding carboxylic acids is 3. The van der Waals surface area contributed by atoms with Gasteiger partial charge in [-0.25, -0.2) is 10.3 Å². The highest BCUT2D eigenvalue weighted by Gasteiger charge is 2.26. The minimum absolute atomic E-state index is 0.0237. The van der Waals surface area contributed by atoms with Gasteiger partial charge in [0.05, 0.1) is 12.7 Å². The maximum Gasteiger partial charge on any atom is 0.407 e. The summed E-state index contributed by atoms with van der Waals surface area (Å²) in [5.41, 5.74) is 4.06. The van der Waals surface area contributed by atoms with E-state index in [0.29, 0.717) is 31.1 Å². The molecule has 0 atom stereocenters. The van der Waals surface area contributed by atoms with Gasteiger partial charge in [0, 0.05) is 25.2 Å². The summed E-state index contributed by atoms with van der Waals surface area (Å²) < 4.78 is 5.29. The second-order valence-electron chi connectivity index (χ2n) is 9.53. The molecule has 2 aromatic carbocycles. The molecule has 0 saturated carbocycles. The lowest BCUT2D eigenvalue weighted by Crippen LogP contribution is -2.38. The molecule has 35 heavy (non-hydrogen) atoms. The number of benzene rings is 2. The number of ether oxygens (including phenoxy) is 1. The van der Waals surface area contributed by atoms with Gasteiger partial charge in [0.2, 0.25) is 0 Å². The first-order valence-corrected chi connectivity index (χ1v) is 11.6. The molecule has 0 spiro atoms. The largest absolute Gasteiger partial charge is 0.507 e. The lowest BCUT2D eigenvalue weighted by molar-refractivity contribution is 0.0519. The van der Waals surface area contributed by atoms with Crippen LogP contribution in [0.2, 0.25) is 0 Å². The molecule has 188 valence electrons. The van der Waals surface area contributed by atoms with Crippen LogP contribution in [0.25, 0.3) is 0 Å². The number of alkyl carbamates (subject to hydrolysis) is 1. The number of piperidine rings is 1. The maximum atomic E-state index is 13.0. The first-order valence-electron chi connectivity index (χ1n) is 11.6. The standard InChI is InChI=1S/C26H33N3O6/c1-26(2,3)35-25(33)27-16-17-6-5-7-19(14-17)18-10-12-29(13-11-18)24(32)20-8-9-22(30)21(15-20)23(31)28-34-4/h5-9,14-15,18,30H,10-13,16H2,1-4H3,(H,27,33)(H,28,31). The highest BCUT2D eigenvalue weighted by molar-refractivity contribution is 6.01. The number of aromatic hydroxyl groups is 1. The van der Waals surface area contributed by atoms with Crippen LogP contribution in [0.3, 0.4) is 0 Å². The molecule has 3 rings (SSSR count). The molecule has 0 unspecified atom stereocenters. The van der Waals surface area contributed by atoms with Crippen LogP contribution < -0.4 is 10.8 Å². The third-order valence-electron chi connectivity index (χ3n) is 5.72. The Morgan fingerprint density at radius 3 is 2.46 bits per heavy atom. The zero-order valence-corrected chi connectivity index (χ0v) is 20.6. The fraction of sp³-hybridized carbons (Fsp3) is 0.423. The van der Waals surface area contributed by atoms with Gasteiger partial charge in [0.1, 0.15) is 11.4 Å². The van der Waals surface area contributed by atoms with Crippen molar-refractivity contribution >= 4 is 17.9 Å². The van der Waals surface area contributed by atoms with Gasteiger partial charge in [0.15, 0.2) is 0 Å². The number of nitrogens with zero attached hydrogens (tertiary/aromatic N) is 1. The van der Waals surface area contributed by atoms with Crippen molar-refractivity contribution in [1.29, 1.82) is 0 Å². The summed E-state index contributed by atoms with van der Waals surface area (Å²) >= 11 is 0. The van der Waals surface area contributed by atoms with E-state index in [1.54, 1.807) is 4.90 Å². The number of amides is 3. The van der Waals surface area contributed by atoms with Crippen LogP contribution >= 0.6 is 0 Å². The third kappa shape index (κ3) is 7.19. The summed E-state index contributed by atoms with van der Waals surface area (Å²) in [5, 5.41) is 12.7. The fourth-order valence-corrected chi connectivity index (χ4v) is 4.04. The van der Waals surface area contributed by atoms with E-state index in [1.165, 1.54) is 30.9 Å². The molecule has 0 radical (unpaired) electrons. The Morgan fingerprint density at radius 1 is 1.09 bits per heavy atom. The summed E-state index contributed by atoms with van der Waals surface area (Å²) in [6.45, 7) is 6.99. The van der Waals surface area contributed by atoms with Crippen LogP contribution in [-0.4, -0.2) is 53.7 Å². The molecular weight excluding hydrogens is 450 g/mol. The number of likely N-dealkylation sites (tertiary alicyclic amines) is 1. The number of hydrogen-bond acceptors (Lipinski definition) is 6. The number of hydrogen-bond donors (Lipinski definition) is 3. The Morgan fingerprint density at radius 2 is 1.80 bits per heavy atom. The molecule has 2 aromatic rings. The zero-order chi connectivity index (χ0) is 25.6. The van der Waals surface area contributed by atoms with Crippen molar-refractivity contribution in [2.45, 2.75) is 51.7 Å². The van der Waals surface area contributed by atoms with Crippen molar-refractivity contribution < 1.29 is 29.1 Å². The van der Waals surface area contributed by atoms with E-state index >= 15 is 0 Å². The van der Waals surface area contributed by atoms with Crippen molar-refractivity contribution in [2.75, 3.05) is 20.2 Å². The molecule has 1 saturated heterocycles. The molecule has 1 aliphatic heterocycles. The summed E-state index contributed by atoms with van der Waals surface area (Å²) in [7, 11) is 1.29. The highest BCUT2D eigenvalue weighted by atomic mass is 16.6. The third-order valence-corrected chi connectivity index (χ3v) is 5.72. The number of phenols is 1. The SMILES string of the molecule is CONC(=O)c1cc(C(=O)N2CCC(c3cccc(CNC(=O)OC(C)(C)C)c3)CC2)ccc1O. The maximum absolute atomic E-state index is 13.0. The minimum Gasteiger partial charge on any atom is -0.507 e. The molecule has 0 bridgehead atoms. The van der Waals surface area contributed by atoms with E-state index in [9.17, 15) is 19.5 Å². The first kappa shape index (κ1) is 26.0. The molecule has 0 aromatic heterocycles. The summed E-state index contributed by atoms with van der Waals surface area (Å²) in [4.78, 5) is 43.4. The number of hydroxylamine groups is 1. The molecule has 1 fully saturated rings. The fourth-order valence-electron chi connectivity index (χ4n) is 4.04. The smallest absolute Gasteiger partial charge is 0.407 e. The van der Waals surface area contributed by atoms with Crippen molar-refractivity contribution in [1.82, 2.24) is 15.7 Å². The topological polar surface area (TPSA) is 117 Å². The first-order chi connectivity index (χ1) is 16.6. The number of nitrogens with one attached hydrogen (secondary N) is 2. The Labute approximate surface area is 205 Å².